The van der Waals surface area contributed by atoms with Crippen LogP contribution < -0.4 is 5.73 Å². The molecule has 0 bridgehead atoms. The van der Waals surface area contributed by atoms with Gasteiger partial charge in [-0.1, -0.05) is 22.0 Å². The zero-order valence-corrected chi connectivity index (χ0v) is 10.7. The van der Waals surface area contributed by atoms with Crippen molar-refractivity contribution in [1.29, 1.82) is 0 Å². The molecule has 2 rings (SSSR count). The van der Waals surface area contributed by atoms with Crippen molar-refractivity contribution in [2.24, 2.45) is 0 Å². The second-order valence-electron chi connectivity index (χ2n) is 3.67. The number of anilines is 1. The van der Waals surface area contributed by atoms with Crippen LogP contribution in [0.3, 0.4) is 0 Å². The number of halogens is 2. The topological polar surface area (TPSA) is 81.1 Å². The van der Waals surface area contributed by atoms with E-state index in [0.717, 1.165) is 5.56 Å². The Balaban J connectivity index is 2.29. The monoisotopic (exact) mass is 313 g/mol. The van der Waals surface area contributed by atoms with E-state index in [1.54, 1.807) is 6.07 Å². The Labute approximate surface area is 110 Å². The van der Waals surface area contributed by atoms with Gasteiger partial charge in [-0.2, -0.15) is 5.10 Å². The number of rotatable bonds is 3. The molecular formula is C11H9BrFN3O2. The normalized spacial score (nSPS) is 10.6. The number of carbonyl (C=O) groups is 1. The molecule has 0 saturated heterocycles. The molecule has 1 heterocycles. The molecule has 0 aliphatic carbocycles. The molecule has 0 saturated carbocycles. The fourth-order valence-electron chi connectivity index (χ4n) is 1.51. The van der Waals surface area contributed by atoms with Crippen molar-refractivity contribution in [3.05, 3.63) is 45.9 Å². The third kappa shape index (κ3) is 2.51. The summed E-state index contributed by atoms with van der Waals surface area (Å²) in [5.41, 5.74) is 6.21. The Morgan fingerprint density at radius 3 is 2.83 bits per heavy atom. The number of benzene rings is 1. The van der Waals surface area contributed by atoms with Crippen LogP contribution in [0.5, 0.6) is 0 Å². The molecule has 5 nitrogen and oxygen atoms in total. The van der Waals surface area contributed by atoms with E-state index in [1.165, 1.54) is 23.0 Å². The number of hydrogen-bond acceptors (Lipinski definition) is 3. The van der Waals surface area contributed by atoms with E-state index in [9.17, 15) is 9.18 Å². The summed E-state index contributed by atoms with van der Waals surface area (Å²) in [5, 5.41) is 12.7. The lowest BCUT2D eigenvalue weighted by Crippen LogP contribution is -2.05. The maximum atomic E-state index is 12.9. The minimum absolute atomic E-state index is 0.0979. The summed E-state index contributed by atoms with van der Waals surface area (Å²) in [5.74, 6) is -1.53. The van der Waals surface area contributed by atoms with Gasteiger partial charge in [-0.3, -0.25) is 4.68 Å². The van der Waals surface area contributed by atoms with E-state index >= 15 is 0 Å². The molecule has 7 heteroatoms. The van der Waals surface area contributed by atoms with Crippen molar-refractivity contribution in [3.63, 3.8) is 0 Å². The summed E-state index contributed by atoms with van der Waals surface area (Å²) in [6.45, 7) is 0.304. The van der Waals surface area contributed by atoms with Gasteiger partial charge in [0.25, 0.3) is 0 Å². The lowest BCUT2D eigenvalue weighted by Gasteiger charge is -2.04. The molecule has 2 aromatic rings. The number of aromatic nitrogens is 2. The molecule has 0 aliphatic heterocycles. The zero-order chi connectivity index (χ0) is 13.3. The molecule has 0 fully saturated rings. The number of carboxylic acid groups (broad SMARTS) is 1. The molecule has 18 heavy (non-hydrogen) atoms. The average Bonchev–Trinajstić information content (AvgIpc) is 2.64. The van der Waals surface area contributed by atoms with Crippen LogP contribution in [0.15, 0.2) is 28.9 Å². The van der Waals surface area contributed by atoms with Gasteiger partial charge in [0.1, 0.15) is 5.82 Å². The van der Waals surface area contributed by atoms with Gasteiger partial charge in [0.2, 0.25) is 0 Å². The van der Waals surface area contributed by atoms with E-state index in [4.69, 9.17) is 10.8 Å². The minimum Gasteiger partial charge on any atom is -0.476 e. The average molecular weight is 314 g/mol. The van der Waals surface area contributed by atoms with Gasteiger partial charge in [-0.15, -0.1) is 0 Å². The van der Waals surface area contributed by atoms with Crippen molar-refractivity contribution in [3.8, 4) is 0 Å². The molecule has 0 radical (unpaired) electrons. The first kappa shape index (κ1) is 12.6. The molecule has 3 N–H and O–H groups in total. The zero-order valence-electron chi connectivity index (χ0n) is 9.10. The number of hydrogen-bond donors (Lipinski definition) is 2. The van der Waals surface area contributed by atoms with Crippen LogP contribution in [0.4, 0.5) is 10.1 Å². The first-order valence-electron chi connectivity index (χ1n) is 4.97. The highest BCUT2D eigenvalue weighted by Gasteiger charge is 2.13. The fourth-order valence-corrected chi connectivity index (χ4v) is 1.98. The van der Waals surface area contributed by atoms with Crippen LogP contribution >= 0.6 is 15.9 Å². The summed E-state index contributed by atoms with van der Waals surface area (Å²) in [4.78, 5) is 10.8. The van der Waals surface area contributed by atoms with Gasteiger partial charge in [0.05, 0.1) is 12.2 Å². The summed E-state index contributed by atoms with van der Waals surface area (Å²) in [6, 6.07) is 4.25. The molecule has 0 spiro atoms. The molecule has 0 atom stereocenters. The summed E-state index contributed by atoms with van der Waals surface area (Å²) >= 11 is 3.23. The summed E-state index contributed by atoms with van der Waals surface area (Å²) in [6.07, 6.45) is 1.43. The third-order valence-electron chi connectivity index (χ3n) is 2.34. The number of carboxylic acids is 1. The first-order chi connectivity index (χ1) is 8.47. The van der Waals surface area contributed by atoms with Gasteiger partial charge in [0, 0.05) is 10.7 Å². The van der Waals surface area contributed by atoms with Crippen LogP contribution in [0.1, 0.15) is 16.1 Å². The molecule has 94 valence electrons. The van der Waals surface area contributed by atoms with E-state index in [1.807, 2.05) is 0 Å². The van der Waals surface area contributed by atoms with Crippen molar-refractivity contribution >= 4 is 27.6 Å². The maximum Gasteiger partial charge on any atom is 0.358 e. The van der Waals surface area contributed by atoms with Gasteiger partial charge in [-0.05, 0) is 17.7 Å². The first-order valence-corrected chi connectivity index (χ1v) is 5.77. The van der Waals surface area contributed by atoms with E-state index in [2.05, 4.69) is 21.0 Å². The Morgan fingerprint density at radius 1 is 1.56 bits per heavy atom. The molecule has 1 aromatic heterocycles. The molecule has 0 aliphatic rings. The maximum absolute atomic E-state index is 12.9. The second kappa shape index (κ2) is 4.77. The standard InChI is InChI=1S/C11H9BrFN3O2/c12-8-3-7(13)2-1-6(8)4-16-5-9(14)10(15-16)11(17)18/h1-3,5H,4,14H2,(H,17,18). The highest BCUT2D eigenvalue weighted by molar-refractivity contribution is 9.10. The molecule has 1 aromatic carbocycles. The van der Waals surface area contributed by atoms with E-state index < -0.39 is 5.97 Å². The lowest BCUT2D eigenvalue weighted by atomic mass is 10.2. The van der Waals surface area contributed by atoms with Crippen LogP contribution in [0, 0.1) is 5.82 Å². The molecule has 0 unspecified atom stereocenters. The summed E-state index contributed by atoms with van der Waals surface area (Å²) in [7, 11) is 0. The number of nitrogens with two attached hydrogens (primary N) is 1. The van der Waals surface area contributed by atoms with Gasteiger partial charge >= 0.3 is 5.97 Å². The largest absolute Gasteiger partial charge is 0.476 e. The van der Waals surface area contributed by atoms with Gasteiger partial charge < -0.3 is 10.8 Å². The van der Waals surface area contributed by atoms with E-state index in [0.29, 0.717) is 11.0 Å². The van der Waals surface area contributed by atoms with Crippen LogP contribution in [0.25, 0.3) is 0 Å². The Kier molecular flexibility index (Phi) is 3.33. The van der Waals surface area contributed by atoms with E-state index in [-0.39, 0.29) is 17.2 Å². The smallest absolute Gasteiger partial charge is 0.358 e. The predicted molar refractivity (Wildman–Crippen MR) is 66.8 cm³/mol. The Bertz CT molecular complexity index is 612. The SMILES string of the molecule is Nc1cn(Cc2ccc(F)cc2Br)nc1C(=O)O. The molecular weight excluding hydrogens is 305 g/mol. The van der Waals surface area contributed by atoms with Crippen molar-refractivity contribution in [1.82, 2.24) is 9.78 Å². The lowest BCUT2D eigenvalue weighted by molar-refractivity contribution is 0.0690. The Hall–Kier alpha value is -1.89. The second-order valence-corrected chi connectivity index (χ2v) is 4.53. The Morgan fingerprint density at radius 2 is 2.28 bits per heavy atom. The van der Waals surface area contributed by atoms with Crippen molar-refractivity contribution < 1.29 is 14.3 Å². The number of aromatic carboxylic acids is 1. The highest BCUT2D eigenvalue weighted by Crippen LogP contribution is 2.20. The number of nitrogen functional groups attached to an aromatic ring is 1. The minimum atomic E-state index is -1.18. The van der Waals surface area contributed by atoms with Crippen LogP contribution in [-0.2, 0) is 6.54 Å². The molecule has 0 amide bonds. The number of nitrogens with zero attached hydrogens (tertiary/aromatic N) is 2. The van der Waals surface area contributed by atoms with Crippen LogP contribution in [0.2, 0.25) is 0 Å². The van der Waals surface area contributed by atoms with Crippen molar-refractivity contribution in [2.75, 3.05) is 5.73 Å². The fraction of sp³-hybridized carbons (Fsp3) is 0.0909. The van der Waals surface area contributed by atoms with Crippen LogP contribution in [-0.4, -0.2) is 20.9 Å². The third-order valence-corrected chi connectivity index (χ3v) is 3.08. The highest BCUT2D eigenvalue weighted by atomic mass is 79.9. The summed E-state index contributed by atoms with van der Waals surface area (Å²) < 4.78 is 14.9. The van der Waals surface area contributed by atoms with Gasteiger partial charge in [0.15, 0.2) is 5.69 Å². The predicted octanol–water partition coefficient (Wildman–Crippen LogP) is 2.11. The van der Waals surface area contributed by atoms with Gasteiger partial charge in [-0.25, -0.2) is 9.18 Å². The quantitative estimate of drug-likeness (QED) is 0.909. The van der Waals surface area contributed by atoms with Crippen molar-refractivity contribution in [2.45, 2.75) is 6.54 Å².